The number of amides is 1. The molecule has 2 aromatic rings. The van der Waals surface area contributed by atoms with Gasteiger partial charge in [0.2, 0.25) is 5.91 Å². The normalized spacial score (nSPS) is 14.4. The molecule has 1 heterocycles. The second kappa shape index (κ2) is 9.08. The Hall–Kier alpha value is -3.01. The van der Waals surface area contributed by atoms with Crippen molar-refractivity contribution in [1.29, 1.82) is 0 Å². The molecule has 0 unspecified atom stereocenters. The number of piperazine rings is 1. The van der Waals surface area contributed by atoms with Gasteiger partial charge in [0.1, 0.15) is 12.4 Å². The molecule has 0 saturated carbocycles. The Bertz CT molecular complexity index is 803. The van der Waals surface area contributed by atoms with Crippen molar-refractivity contribution < 1.29 is 9.53 Å². The molecule has 4 nitrogen and oxygen atoms in total. The van der Waals surface area contributed by atoms with Crippen LogP contribution in [0.1, 0.15) is 11.1 Å². The van der Waals surface area contributed by atoms with Gasteiger partial charge in [-0.2, -0.15) is 0 Å². The summed E-state index contributed by atoms with van der Waals surface area (Å²) < 4.78 is 5.46. The standard InChI is InChI=1S/C23H26N2O2/c1-3-17-27-22-10-7-20(8-11-22)9-12-23(26)25-15-13-24(14-16-25)21-6-4-5-19(2)18-21/h3-12,18H,1,13-17H2,2H3. The van der Waals surface area contributed by atoms with Gasteiger partial charge < -0.3 is 14.5 Å². The summed E-state index contributed by atoms with van der Waals surface area (Å²) in [7, 11) is 0. The van der Waals surface area contributed by atoms with Crippen LogP contribution in [0.15, 0.2) is 67.3 Å². The van der Waals surface area contributed by atoms with Gasteiger partial charge in [-0.1, -0.05) is 36.9 Å². The van der Waals surface area contributed by atoms with Gasteiger partial charge in [0.25, 0.3) is 0 Å². The Labute approximate surface area is 161 Å². The molecule has 0 spiro atoms. The van der Waals surface area contributed by atoms with E-state index in [1.807, 2.05) is 35.2 Å². The van der Waals surface area contributed by atoms with E-state index in [1.165, 1.54) is 11.3 Å². The molecule has 3 rings (SSSR count). The van der Waals surface area contributed by atoms with E-state index in [9.17, 15) is 4.79 Å². The number of anilines is 1. The van der Waals surface area contributed by atoms with Gasteiger partial charge in [0.15, 0.2) is 0 Å². The topological polar surface area (TPSA) is 32.8 Å². The average molecular weight is 362 g/mol. The molecule has 0 bridgehead atoms. The van der Waals surface area contributed by atoms with E-state index in [0.29, 0.717) is 6.61 Å². The molecule has 27 heavy (non-hydrogen) atoms. The Morgan fingerprint density at radius 2 is 1.85 bits per heavy atom. The maximum absolute atomic E-state index is 12.5. The molecule has 2 aromatic carbocycles. The van der Waals surface area contributed by atoms with Crippen LogP contribution >= 0.6 is 0 Å². The lowest BCUT2D eigenvalue weighted by atomic mass is 10.2. The smallest absolute Gasteiger partial charge is 0.246 e. The highest BCUT2D eigenvalue weighted by atomic mass is 16.5. The number of ether oxygens (including phenoxy) is 1. The lowest BCUT2D eigenvalue weighted by Crippen LogP contribution is -2.48. The highest BCUT2D eigenvalue weighted by molar-refractivity contribution is 5.92. The number of aryl methyl sites for hydroxylation is 1. The van der Waals surface area contributed by atoms with Crippen molar-refractivity contribution in [2.75, 3.05) is 37.7 Å². The van der Waals surface area contributed by atoms with Crippen molar-refractivity contribution in [1.82, 2.24) is 4.90 Å². The molecular formula is C23H26N2O2. The van der Waals surface area contributed by atoms with E-state index < -0.39 is 0 Å². The maximum atomic E-state index is 12.5. The van der Waals surface area contributed by atoms with Crippen LogP contribution in [0.25, 0.3) is 6.08 Å². The van der Waals surface area contributed by atoms with E-state index in [4.69, 9.17) is 4.74 Å². The van der Waals surface area contributed by atoms with E-state index in [-0.39, 0.29) is 5.91 Å². The molecule has 1 amide bonds. The van der Waals surface area contributed by atoms with Crippen LogP contribution in [0.3, 0.4) is 0 Å². The largest absolute Gasteiger partial charge is 0.490 e. The molecule has 4 heteroatoms. The minimum Gasteiger partial charge on any atom is -0.490 e. The van der Waals surface area contributed by atoms with E-state index in [1.54, 1.807) is 12.2 Å². The quantitative estimate of drug-likeness (QED) is 0.577. The predicted molar refractivity (Wildman–Crippen MR) is 111 cm³/mol. The summed E-state index contributed by atoms with van der Waals surface area (Å²) in [6, 6.07) is 16.2. The van der Waals surface area contributed by atoms with Crippen LogP contribution in [0.5, 0.6) is 5.75 Å². The lowest BCUT2D eigenvalue weighted by molar-refractivity contribution is -0.126. The van der Waals surface area contributed by atoms with Crippen LogP contribution in [0.4, 0.5) is 5.69 Å². The summed E-state index contributed by atoms with van der Waals surface area (Å²) >= 11 is 0. The van der Waals surface area contributed by atoms with E-state index in [0.717, 1.165) is 37.5 Å². The van der Waals surface area contributed by atoms with Gasteiger partial charge in [-0.15, -0.1) is 0 Å². The molecular weight excluding hydrogens is 336 g/mol. The van der Waals surface area contributed by atoms with Gasteiger partial charge in [0.05, 0.1) is 0 Å². The number of benzene rings is 2. The zero-order valence-electron chi connectivity index (χ0n) is 15.8. The van der Waals surface area contributed by atoms with Crippen LogP contribution in [-0.2, 0) is 4.79 Å². The van der Waals surface area contributed by atoms with Gasteiger partial charge in [-0.25, -0.2) is 0 Å². The molecule has 0 aliphatic carbocycles. The SMILES string of the molecule is C=CCOc1ccc(C=CC(=O)N2CCN(c3cccc(C)c3)CC2)cc1. The highest BCUT2D eigenvalue weighted by Gasteiger charge is 2.19. The fourth-order valence-corrected chi connectivity index (χ4v) is 3.11. The molecule has 1 aliphatic heterocycles. The summed E-state index contributed by atoms with van der Waals surface area (Å²) in [6.07, 6.45) is 5.22. The van der Waals surface area contributed by atoms with E-state index in [2.05, 4.69) is 42.7 Å². The molecule has 0 aromatic heterocycles. The minimum absolute atomic E-state index is 0.0610. The van der Waals surface area contributed by atoms with Gasteiger partial charge >= 0.3 is 0 Å². The predicted octanol–water partition coefficient (Wildman–Crippen LogP) is 3.92. The second-order valence-electron chi connectivity index (χ2n) is 6.65. The minimum atomic E-state index is 0.0610. The van der Waals surface area contributed by atoms with Gasteiger partial charge in [-0.3, -0.25) is 4.79 Å². The number of nitrogens with zero attached hydrogens (tertiary/aromatic N) is 2. The lowest BCUT2D eigenvalue weighted by Gasteiger charge is -2.35. The Balaban J connectivity index is 1.51. The summed E-state index contributed by atoms with van der Waals surface area (Å²) in [4.78, 5) is 16.7. The number of rotatable bonds is 6. The van der Waals surface area contributed by atoms with Gasteiger partial charge in [0, 0.05) is 37.9 Å². The molecule has 1 aliphatic rings. The van der Waals surface area contributed by atoms with Crippen LogP contribution in [-0.4, -0.2) is 43.6 Å². The van der Waals surface area contributed by atoms with Crippen molar-refractivity contribution in [3.8, 4) is 5.75 Å². The number of carbonyl (C=O) groups is 1. The molecule has 0 radical (unpaired) electrons. The van der Waals surface area contributed by atoms with Crippen LogP contribution in [0.2, 0.25) is 0 Å². The van der Waals surface area contributed by atoms with E-state index >= 15 is 0 Å². The molecule has 0 N–H and O–H groups in total. The van der Waals surface area contributed by atoms with Crippen molar-refractivity contribution in [3.05, 3.63) is 78.4 Å². The van der Waals surface area contributed by atoms with Crippen molar-refractivity contribution >= 4 is 17.7 Å². The second-order valence-corrected chi connectivity index (χ2v) is 6.65. The number of hydrogen-bond donors (Lipinski definition) is 0. The molecule has 0 atom stereocenters. The first kappa shape index (κ1) is 18.8. The summed E-state index contributed by atoms with van der Waals surface area (Å²) in [5, 5.41) is 0. The first-order chi connectivity index (χ1) is 13.2. The third kappa shape index (κ3) is 5.23. The highest BCUT2D eigenvalue weighted by Crippen LogP contribution is 2.18. The molecule has 140 valence electrons. The zero-order chi connectivity index (χ0) is 19.1. The Kier molecular flexibility index (Phi) is 6.31. The number of carbonyl (C=O) groups excluding carboxylic acids is 1. The van der Waals surface area contributed by atoms with Crippen molar-refractivity contribution in [3.63, 3.8) is 0 Å². The van der Waals surface area contributed by atoms with Crippen LogP contribution < -0.4 is 9.64 Å². The third-order valence-electron chi connectivity index (χ3n) is 4.62. The summed E-state index contributed by atoms with van der Waals surface area (Å²) in [5.41, 5.74) is 3.47. The summed E-state index contributed by atoms with van der Waals surface area (Å²) in [6.45, 7) is 9.42. The molecule has 1 fully saturated rings. The monoisotopic (exact) mass is 362 g/mol. The average Bonchev–Trinajstić information content (AvgIpc) is 2.71. The Morgan fingerprint density at radius 3 is 2.52 bits per heavy atom. The summed E-state index contributed by atoms with van der Waals surface area (Å²) in [5.74, 6) is 0.858. The first-order valence-corrected chi connectivity index (χ1v) is 9.28. The molecule has 1 saturated heterocycles. The fourth-order valence-electron chi connectivity index (χ4n) is 3.11. The maximum Gasteiger partial charge on any atom is 0.246 e. The fraction of sp³-hybridized carbons (Fsp3) is 0.261. The third-order valence-corrected chi connectivity index (χ3v) is 4.62. The van der Waals surface area contributed by atoms with Crippen molar-refractivity contribution in [2.24, 2.45) is 0 Å². The Morgan fingerprint density at radius 1 is 1.11 bits per heavy atom. The van der Waals surface area contributed by atoms with Crippen molar-refractivity contribution in [2.45, 2.75) is 6.92 Å². The zero-order valence-corrected chi connectivity index (χ0v) is 15.8. The van der Waals surface area contributed by atoms with Crippen LogP contribution in [0, 0.1) is 6.92 Å². The number of hydrogen-bond acceptors (Lipinski definition) is 3. The first-order valence-electron chi connectivity index (χ1n) is 9.28. The van der Waals surface area contributed by atoms with Gasteiger partial charge in [-0.05, 0) is 48.4 Å².